The summed E-state index contributed by atoms with van der Waals surface area (Å²) in [6.07, 6.45) is 8.73. The fraction of sp³-hybridized carbons (Fsp3) is 0.667. The number of imidazole rings is 1. The van der Waals surface area contributed by atoms with Gasteiger partial charge in [-0.2, -0.15) is 0 Å². The zero-order chi connectivity index (χ0) is 11.4. The molecule has 0 radical (unpaired) electrons. The lowest BCUT2D eigenvalue weighted by Gasteiger charge is -2.23. The number of ketones is 1. The van der Waals surface area contributed by atoms with Gasteiger partial charge in [-0.15, -0.1) is 0 Å². The maximum atomic E-state index is 11.1. The predicted molar refractivity (Wildman–Crippen MR) is 62.1 cm³/mol. The second-order valence-electron chi connectivity index (χ2n) is 4.54. The van der Waals surface area contributed by atoms with Crippen LogP contribution >= 0.6 is 0 Å². The number of nitrogens with zero attached hydrogens (tertiary/aromatic N) is 3. The van der Waals surface area contributed by atoms with Gasteiger partial charge in [0.15, 0.2) is 0 Å². The summed E-state index contributed by atoms with van der Waals surface area (Å²) in [4.78, 5) is 17.6. The third-order valence-corrected chi connectivity index (χ3v) is 3.23. The molecule has 1 aliphatic heterocycles. The number of Topliss-reactive ketones (excluding diaryl/α,β-unsaturated/α-hetero) is 1. The second-order valence-corrected chi connectivity index (χ2v) is 4.54. The molecule has 4 heteroatoms. The molecule has 1 aromatic rings. The molecule has 1 saturated heterocycles. The first-order valence-electron chi connectivity index (χ1n) is 5.95. The van der Waals surface area contributed by atoms with Crippen molar-refractivity contribution in [2.24, 2.45) is 0 Å². The van der Waals surface area contributed by atoms with Gasteiger partial charge in [-0.25, -0.2) is 4.98 Å². The summed E-state index contributed by atoms with van der Waals surface area (Å²) in [7, 11) is 0. The molecule has 2 rings (SSSR count). The van der Waals surface area contributed by atoms with E-state index in [0.717, 1.165) is 19.6 Å². The largest absolute Gasteiger partial charge is 0.336 e. The Bertz CT molecular complexity index is 334. The van der Waals surface area contributed by atoms with Gasteiger partial charge >= 0.3 is 0 Å². The van der Waals surface area contributed by atoms with Crippen LogP contribution in [0.5, 0.6) is 0 Å². The van der Waals surface area contributed by atoms with Crippen molar-refractivity contribution in [3.05, 3.63) is 18.7 Å². The summed E-state index contributed by atoms with van der Waals surface area (Å²) in [5.74, 6) is 0.305. The molecule has 1 unspecified atom stereocenters. The average molecular weight is 221 g/mol. The summed E-state index contributed by atoms with van der Waals surface area (Å²) < 4.78 is 2.09. The maximum absolute atomic E-state index is 11.1. The zero-order valence-corrected chi connectivity index (χ0v) is 9.80. The highest BCUT2D eigenvalue weighted by molar-refractivity contribution is 5.76. The third kappa shape index (κ3) is 2.92. The first-order valence-corrected chi connectivity index (χ1v) is 5.95. The number of likely N-dealkylation sites (tertiary alicyclic amines) is 1. The summed E-state index contributed by atoms with van der Waals surface area (Å²) in [6.45, 7) is 4.81. The molecular formula is C12H19N3O. The summed E-state index contributed by atoms with van der Waals surface area (Å²) in [5.41, 5.74) is 0. The van der Waals surface area contributed by atoms with Crippen LogP contribution in [0.3, 0.4) is 0 Å². The monoisotopic (exact) mass is 221 g/mol. The van der Waals surface area contributed by atoms with E-state index in [4.69, 9.17) is 0 Å². The van der Waals surface area contributed by atoms with Gasteiger partial charge in [-0.05, 0) is 26.3 Å². The van der Waals surface area contributed by atoms with Crippen LogP contribution in [0, 0.1) is 0 Å². The molecular weight excluding hydrogens is 202 g/mol. The molecule has 0 aliphatic carbocycles. The van der Waals surface area contributed by atoms with Crippen LogP contribution in [0.1, 0.15) is 26.2 Å². The van der Waals surface area contributed by atoms with Gasteiger partial charge in [0.05, 0.1) is 6.33 Å². The van der Waals surface area contributed by atoms with Gasteiger partial charge in [0.25, 0.3) is 0 Å². The Balaban J connectivity index is 1.81. The molecule has 1 aliphatic rings. The molecule has 4 nitrogen and oxygen atoms in total. The smallest absolute Gasteiger partial charge is 0.131 e. The lowest BCUT2D eigenvalue weighted by atomic mass is 10.1. The fourth-order valence-electron chi connectivity index (χ4n) is 2.42. The van der Waals surface area contributed by atoms with Crippen LogP contribution in [0.25, 0.3) is 0 Å². The van der Waals surface area contributed by atoms with Crippen LogP contribution < -0.4 is 0 Å². The molecule has 2 heterocycles. The van der Waals surface area contributed by atoms with Crippen molar-refractivity contribution in [3.8, 4) is 0 Å². The number of hydrogen-bond donors (Lipinski definition) is 0. The highest BCUT2D eigenvalue weighted by atomic mass is 16.1. The lowest BCUT2D eigenvalue weighted by Crippen LogP contribution is -2.33. The number of rotatable bonds is 5. The molecule has 0 aromatic carbocycles. The maximum Gasteiger partial charge on any atom is 0.131 e. The van der Waals surface area contributed by atoms with Crippen molar-refractivity contribution >= 4 is 5.78 Å². The summed E-state index contributed by atoms with van der Waals surface area (Å²) in [6, 6.07) is 0.473. The number of carbonyl (C=O) groups excluding carboxylic acids is 1. The predicted octanol–water partition coefficient (Wildman–Crippen LogP) is 1.33. The molecule has 0 saturated carbocycles. The first-order chi connectivity index (χ1) is 7.75. The van der Waals surface area contributed by atoms with E-state index in [-0.39, 0.29) is 0 Å². The highest BCUT2D eigenvalue weighted by Gasteiger charge is 2.24. The normalized spacial score (nSPS) is 21.4. The Kier molecular flexibility index (Phi) is 3.72. The van der Waals surface area contributed by atoms with E-state index < -0.39 is 0 Å². The van der Waals surface area contributed by atoms with Gasteiger partial charge in [0.2, 0.25) is 0 Å². The Morgan fingerprint density at radius 2 is 2.38 bits per heavy atom. The quantitative estimate of drug-likeness (QED) is 0.752. The summed E-state index contributed by atoms with van der Waals surface area (Å²) >= 11 is 0. The SMILES string of the molecule is CC(=O)CC1CCCN1CCn1ccnc1. The second kappa shape index (κ2) is 5.25. The van der Waals surface area contributed by atoms with Gasteiger partial charge < -0.3 is 4.57 Å². The molecule has 0 spiro atoms. The fourth-order valence-corrected chi connectivity index (χ4v) is 2.42. The van der Waals surface area contributed by atoms with Crippen LogP contribution in [0.15, 0.2) is 18.7 Å². The minimum atomic E-state index is 0.305. The minimum Gasteiger partial charge on any atom is -0.336 e. The van der Waals surface area contributed by atoms with E-state index in [1.54, 1.807) is 13.1 Å². The van der Waals surface area contributed by atoms with E-state index in [1.165, 1.54) is 12.8 Å². The van der Waals surface area contributed by atoms with Crippen LogP contribution in [0.4, 0.5) is 0 Å². The molecule has 1 atom stereocenters. The van der Waals surface area contributed by atoms with Gasteiger partial charge in [0, 0.05) is 37.9 Å². The van der Waals surface area contributed by atoms with E-state index in [9.17, 15) is 4.79 Å². The number of aromatic nitrogens is 2. The van der Waals surface area contributed by atoms with Crippen molar-refractivity contribution in [3.63, 3.8) is 0 Å². The number of carbonyl (C=O) groups is 1. The number of hydrogen-bond acceptors (Lipinski definition) is 3. The van der Waals surface area contributed by atoms with Crippen LogP contribution in [0.2, 0.25) is 0 Å². The molecule has 16 heavy (non-hydrogen) atoms. The van der Waals surface area contributed by atoms with Crippen molar-refractivity contribution in [1.29, 1.82) is 0 Å². The van der Waals surface area contributed by atoms with E-state index in [0.29, 0.717) is 18.2 Å². The van der Waals surface area contributed by atoms with E-state index in [2.05, 4.69) is 14.5 Å². The van der Waals surface area contributed by atoms with E-state index >= 15 is 0 Å². The van der Waals surface area contributed by atoms with Crippen LogP contribution in [-0.4, -0.2) is 39.4 Å². The van der Waals surface area contributed by atoms with Gasteiger partial charge in [-0.1, -0.05) is 0 Å². The van der Waals surface area contributed by atoms with Crippen molar-refractivity contribution in [1.82, 2.24) is 14.5 Å². The standard InChI is InChI=1S/C12H19N3O/c1-11(16)9-12-3-2-5-15(12)8-7-14-6-4-13-10-14/h4,6,10,12H,2-3,5,7-9H2,1H3. The molecule has 1 fully saturated rings. The van der Waals surface area contributed by atoms with E-state index in [1.807, 2.05) is 12.5 Å². The minimum absolute atomic E-state index is 0.305. The Hall–Kier alpha value is -1.16. The molecule has 0 bridgehead atoms. The third-order valence-electron chi connectivity index (χ3n) is 3.23. The molecule has 1 aromatic heterocycles. The van der Waals surface area contributed by atoms with Gasteiger partial charge in [0.1, 0.15) is 5.78 Å². The van der Waals surface area contributed by atoms with Crippen LogP contribution in [-0.2, 0) is 11.3 Å². The van der Waals surface area contributed by atoms with Gasteiger partial charge in [-0.3, -0.25) is 9.69 Å². The van der Waals surface area contributed by atoms with Crippen molar-refractivity contribution in [2.75, 3.05) is 13.1 Å². The Morgan fingerprint density at radius 1 is 1.50 bits per heavy atom. The molecule has 0 amide bonds. The van der Waals surface area contributed by atoms with Crippen molar-refractivity contribution in [2.45, 2.75) is 38.8 Å². The van der Waals surface area contributed by atoms with Crippen molar-refractivity contribution < 1.29 is 4.79 Å². The lowest BCUT2D eigenvalue weighted by molar-refractivity contribution is -0.118. The first kappa shape index (κ1) is 11.3. The summed E-state index contributed by atoms with van der Waals surface area (Å²) in [5, 5.41) is 0. The highest BCUT2D eigenvalue weighted by Crippen LogP contribution is 2.19. The zero-order valence-electron chi connectivity index (χ0n) is 9.80. The Morgan fingerprint density at radius 3 is 3.06 bits per heavy atom. The topological polar surface area (TPSA) is 38.1 Å². The molecule has 0 N–H and O–H groups in total. The molecule has 88 valence electrons. The average Bonchev–Trinajstić information content (AvgIpc) is 2.84. The Labute approximate surface area is 96.3 Å².